The molecule has 5 rings (SSSR count). The molecule has 34 heavy (non-hydrogen) atoms. The van der Waals surface area contributed by atoms with E-state index in [1.165, 1.54) is 0 Å². The second kappa shape index (κ2) is 8.66. The lowest BCUT2D eigenvalue weighted by molar-refractivity contribution is -0.119. The smallest absolute Gasteiger partial charge is 0.277 e. The van der Waals surface area contributed by atoms with E-state index < -0.39 is 126 Å². The summed E-state index contributed by atoms with van der Waals surface area (Å²) < 4.78 is 106. The highest BCUT2D eigenvalue weighted by Gasteiger charge is 2.34. The lowest BCUT2D eigenvalue weighted by Crippen LogP contribution is -2.39. The Balaban J connectivity index is 1.72. The van der Waals surface area contributed by atoms with Gasteiger partial charge >= 0.3 is 0 Å². The Morgan fingerprint density at radius 3 is 2.32 bits per heavy atom. The molecule has 9 heteroatoms. The second-order valence-electron chi connectivity index (χ2n) is 7.21. The van der Waals surface area contributed by atoms with Gasteiger partial charge in [0.2, 0.25) is 5.91 Å². The highest BCUT2D eigenvalue weighted by atomic mass is 16.5. The number of anilines is 2. The number of carbonyl (C=O) groups excluding carboxylic acids is 3. The highest BCUT2D eigenvalue weighted by molar-refractivity contribution is 6.09. The van der Waals surface area contributed by atoms with Gasteiger partial charge in [0.1, 0.15) is 11.4 Å². The maximum Gasteiger partial charge on any atom is 0.277 e. The molecule has 1 saturated heterocycles. The third kappa shape index (κ3) is 3.68. The van der Waals surface area contributed by atoms with Crippen LogP contribution in [0, 0.1) is 0 Å². The lowest BCUT2D eigenvalue weighted by atomic mass is 10.0. The summed E-state index contributed by atoms with van der Waals surface area (Å²) in [5.74, 6) is -3.92. The number of aromatic nitrogens is 2. The van der Waals surface area contributed by atoms with Crippen LogP contribution >= 0.6 is 0 Å². The van der Waals surface area contributed by atoms with Crippen molar-refractivity contribution in [2.45, 2.75) is 25.6 Å². The molecule has 0 radical (unpaired) electrons. The Morgan fingerprint density at radius 1 is 1.03 bits per heavy atom. The van der Waals surface area contributed by atoms with Crippen LogP contribution in [0.1, 0.15) is 62.2 Å². The van der Waals surface area contributed by atoms with Crippen LogP contribution in [0.2, 0.25) is 0 Å². The Morgan fingerprint density at radius 2 is 1.68 bits per heavy atom. The number of hydrogen-bond acceptors (Lipinski definition) is 5. The molecule has 2 aliphatic heterocycles. The molecule has 1 fully saturated rings. The summed E-state index contributed by atoms with van der Waals surface area (Å²) in [7, 11) is 1.14. The van der Waals surface area contributed by atoms with Gasteiger partial charge in [0.15, 0.2) is 5.69 Å². The number of ether oxygens (including phenoxy) is 1. The first kappa shape index (κ1) is 11.8. The van der Waals surface area contributed by atoms with Crippen LogP contribution in [0.3, 0.4) is 0 Å². The van der Waals surface area contributed by atoms with Crippen molar-refractivity contribution in [3.8, 4) is 11.4 Å². The SMILES string of the molecule is [2H]c1c([2H])c(-n2nc(C(N)=O)c3c2C(=O)N(c2c([2H])c([2H])c(N4C(=O)C([2H])([2H])CCC4([2H])[2H])c([2H])c2[2H])CC3)c([2H])c([2H])c1OC. The van der Waals surface area contributed by atoms with Gasteiger partial charge in [-0.25, -0.2) is 4.68 Å². The van der Waals surface area contributed by atoms with Gasteiger partial charge < -0.3 is 20.3 Å². The van der Waals surface area contributed by atoms with Gasteiger partial charge in [-0.05, 0) is 67.6 Å². The third-order valence-corrected chi connectivity index (χ3v) is 5.22. The van der Waals surface area contributed by atoms with E-state index in [4.69, 9.17) is 26.9 Å². The average molecular weight is 472 g/mol. The number of nitrogens with zero attached hydrogens (tertiary/aromatic N) is 4. The lowest BCUT2D eigenvalue weighted by Gasteiger charge is -2.29. The minimum absolute atomic E-state index is 0.0253. The molecule has 0 atom stereocenters. The van der Waals surface area contributed by atoms with Crippen LogP contribution in [0.25, 0.3) is 5.69 Å². The Bertz CT molecular complexity index is 1820. The van der Waals surface area contributed by atoms with Crippen molar-refractivity contribution in [3.63, 3.8) is 0 Å². The molecule has 1 aromatic heterocycles. The molecule has 3 aromatic rings. The molecule has 0 spiro atoms. The molecular formula is C25H25N5O4. The standard InChI is InChI=1S/C25H25N5O4/c1-34-19-11-9-18(10-12-19)30-23-20(22(27-30)24(26)32)13-15-29(25(23)33)17-7-5-16(6-8-17)28-14-3-2-4-21(28)31/h5-12H,2-4,13-15H2,1H3,(H2,26,32)/i4D2,5D,6D,7D,8D,9D,10D,11D,12D,14D2. The summed E-state index contributed by atoms with van der Waals surface area (Å²) >= 11 is 0. The Labute approximate surface area is 213 Å². The maximum absolute atomic E-state index is 14.1. The summed E-state index contributed by atoms with van der Waals surface area (Å²) in [5.41, 5.74) is 2.67. The first-order chi connectivity index (χ1) is 21.3. The molecule has 3 amide bonds. The van der Waals surface area contributed by atoms with Crippen molar-refractivity contribution >= 4 is 29.1 Å². The molecule has 2 aromatic carbocycles. The number of hydrogen-bond donors (Lipinski definition) is 1. The summed E-state index contributed by atoms with van der Waals surface area (Å²) in [6.45, 7) is -2.90. The second-order valence-corrected chi connectivity index (χ2v) is 7.21. The summed E-state index contributed by atoms with van der Waals surface area (Å²) in [6.07, 6.45) is -3.70. The van der Waals surface area contributed by atoms with Gasteiger partial charge in [0.05, 0.1) is 23.8 Å². The predicted molar refractivity (Wildman–Crippen MR) is 127 cm³/mol. The quantitative estimate of drug-likeness (QED) is 0.615. The van der Waals surface area contributed by atoms with E-state index in [1.807, 2.05) is 0 Å². The van der Waals surface area contributed by atoms with E-state index in [-0.39, 0.29) is 23.4 Å². The van der Waals surface area contributed by atoms with E-state index >= 15 is 0 Å². The zero-order valence-corrected chi connectivity index (χ0v) is 17.8. The first-order valence-electron chi connectivity index (χ1n) is 16.1. The van der Waals surface area contributed by atoms with E-state index in [0.717, 1.165) is 12.0 Å². The van der Waals surface area contributed by atoms with Gasteiger partial charge in [-0.15, -0.1) is 0 Å². The highest BCUT2D eigenvalue weighted by Crippen LogP contribution is 2.31. The van der Waals surface area contributed by atoms with Crippen LogP contribution in [0.15, 0.2) is 48.3 Å². The van der Waals surface area contributed by atoms with Gasteiger partial charge in [0.25, 0.3) is 11.8 Å². The zero-order chi connectivity index (χ0) is 34.4. The number of carbonyl (C=O) groups is 3. The van der Waals surface area contributed by atoms with Gasteiger partial charge in [-0.1, -0.05) is 0 Å². The topological polar surface area (TPSA) is 111 Å². The zero-order valence-electron chi connectivity index (χ0n) is 29.8. The van der Waals surface area contributed by atoms with Gasteiger partial charge in [0, 0.05) is 41.8 Å². The molecule has 3 heterocycles. The van der Waals surface area contributed by atoms with Crippen molar-refractivity contribution < 1.29 is 35.6 Å². The van der Waals surface area contributed by atoms with E-state index in [0.29, 0.717) is 4.68 Å². The monoisotopic (exact) mass is 471 g/mol. The molecule has 0 aliphatic carbocycles. The van der Waals surface area contributed by atoms with Gasteiger partial charge in [-0.3, -0.25) is 14.4 Å². The molecule has 2 aliphatic rings. The largest absolute Gasteiger partial charge is 0.497 e. The van der Waals surface area contributed by atoms with Crippen LogP contribution in [-0.4, -0.2) is 47.7 Å². The molecular weight excluding hydrogens is 434 g/mol. The number of methoxy groups -OCH3 is 1. The van der Waals surface area contributed by atoms with Crippen molar-refractivity contribution in [3.05, 3.63) is 65.3 Å². The number of nitrogens with two attached hydrogens (primary N) is 1. The third-order valence-electron chi connectivity index (χ3n) is 5.22. The summed E-state index contributed by atoms with van der Waals surface area (Å²) in [4.78, 5) is 40.5. The van der Waals surface area contributed by atoms with E-state index in [1.54, 1.807) is 0 Å². The van der Waals surface area contributed by atoms with Crippen LogP contribution in [0.4, 0.5) is 11.4 Å². The molecule has 9 nitrogen and oxygen atoms in total. The Hall–Kier alpha value is -4.14. The normalized spacial score (nSPS) is 23.9. The average Bonchev–Trinajstić information content (AvgIpc) is 3.37. The van der Waals surface area contributed by atoms with E-state index in [2.05, 4.69) is 5.10 Å². The van der Waals surface area contributed by atoms with Crippen molar-refractivity contribution in [1.29, 1.82) is 0 Å². The number of rotatable bonds is 5. The van der Waals surface area contributed by atoms with Gasteiger partial charge in [-0.2, -0.15) is 5.10 Å². The minimum Gasteiger partial charge on any atom is -0.497 e. The predicted octanol–water partition coefficient (Wildman–Crippen LogP) is 2.70. The van der Waals surface area contributed by atoms with Crippen molar-refractivity contribution in [2.24, 2.45) is 5.73 Å². The minimum atomic E-state index is -2.56. The summed E-state index contributed by atoms with van der Waals surface area (Å²) in [6, 6.07) is -6.17. The molecule has 174 valence electrons. The maximum atomic E-state index is 14.1. The van der Waals surface area contributed by atoms with Crippen LogP contribution in [0.5, 0.6) is 5.75 Å². The van der Waals surface area contributed by atoms with Crippen LogP contribution in [-0.2, 0) is 11.2 Å². The number of piperidine rings is 1. The molecule has 0 bridgehead atoms. The molecule has 0 saturated carbocycles. The van der Waals surface area contributed by atoms with Crippen molar-refractivity contribution in [2.75, 3.05) is 30.0 Å². The van der Waals surface area contributed by atoms with Crippen molar-refractivity contribution in [1.82, 2.24) is 9.78 Å². The fraction of sp³-hybridized carbons (Fsp3) is 0.280. The number of amides is 3. The van der Waals surface area contributed by atoms with E-state index in [9.17, 15) is 14.4 Å². The molecule has 0 unspecified atom stereocenters. The first-order valence-corrected chi connectivity index (χ1v) is 10.1. The number of benzene rings is 2. The fourth-order valence-electron chi connectivity index (χ4n) is 3.65. The fourth-order valence-corrected chi connectivity index (χ4v) is 3.65. The van der Waals surface area contributed by atoms with Crippen LogP contribution < -0.4 is 20.3 Å². The number of primary amides is 1. The Kier molecular flexibility index (Phi) is 3.01. The summed E-state index contributed by atoms with van der Waals surface area (Å²) in [5, 5.41) is 4.05. The number of fused-ring (bicyclic) bond motifs is 1. The molecule has 2 N–H and O–H groups in total.